The predicted octanol–water partition coefficient (Wildman–Crippen LogP) is 2.76. The minimum Gasteiger partial charge on any atom is -0.372 e. The molecule has 1 aromatic rings. The van der Waals surface area contributed by atoms with Gasteiger partial charge in [-0.25, -0.2) is 9.97 Å². The monoisotopic (exact) mass is 298 g/mol. The summed E-state index contributed by atoms with van der Waals surface area (Å²) in [5.74, 6) is 3.37. The molecule has 0 radical (unpaired) electrons. The Balaban J connectivity index is 2.19. The minimum absolute atomic E-state index is 0.740. The molecule has 0 aromatic carbocycles. The average Bonchev–Trinajstić information content (AvgIpc) is 2.78. The predicted molar refractivity (Wildman–Crippen MR) is 74.4 cm³/mol. The Kier molecular flexibility index (Phi) is 3.86. The molecular formula is C12H19BrN4. The Labute approximate surface area is 111 Å². The highest BCUT2D eigenvalue weighted by molar-refractivity contribution is 9.10. The van der Waals surface area contributed by atoms with Gasteiger partial charge in [0, 0.05) is 20.1 Å². The quantitative estimate of drug-likeness (QED) is 0.932. The Bertz CT molecular complexity index is 394. The molecule has 1 saturated heterocycles. The highest BCUT2D eigenvalue weighted by Crippen LogP contribution is 2.33. The molecule has 1 fully saturated rings. The topological polar surface area (TPSA) is 41.1 Å². The second-order valence-corrected chi connectivity index (χ2v) is 5.64. The molecule has 94 valence electrons. The van der Waals surface area contributed by atoms with E-state index in [9.17, 15) is 0 Å². The normalized spacial score (nSPS) is 20.1. The first-order chi connectivity index (χ1) is 8.13. The minimum atomic E-state index is 0.740. The lowest BCUT2D eigenvalue weighted by molar-refractivity contribution is 0.422. The summed E-state index contributed by atoms with van der Waals surface area (Å²) in [7, 11) is 1.87. The first-order valence-corrected chi connectivity index (χ1v) is 6.86. The fraction of sp³-hybridized carbons (Fsp3) is 0.667. The van der Waals surface area contributed by atoms with Crippen LogP contribution in [0.25, 0.3) is 0 Å². The first-order valence-electron chi connectivity index (χ1n) is 6.06. The van der Waals surface area contributed by atoms with E-state index >= 15 is 0 Å². The van der Waals surface area contributed by atoms with E-state index < -0.39 is 0 Å². The average molecular weight is 299 g/mol. The van der Waals surface area contributed by atoms with Crippen LogP contribution >= 0.6 is 15.9 Å². The lowest BCUT2D eigenvalue weighted by Crippen LogP contribution is -2.23. The van der Waals surface area contributed by atoms with E-state index in [1.54, 1.807) is 6.33 Å². The molecule has 0 amide bonds. The van der Waals surface area contributed by atoms with Gasteiger partial charge in [0.1, 0.15) is 22.4 Å². The van der Waals surface area contributed by atoms with E-state index in [-0.39, 0.29) is 0 Å². The third kappa shape index (κ3) is 2.54. The van der Waals surface area contributed by atoms with Crippen molar-refractivity contribution in [1.82, 2.24) is 9.97 Å². The molecular weight excluding hydrogens is 280 g/mol. The highest BCUT2D eigenvalue weighted by atomic mass is 79.9. The molecule has 2 rings (SSSR count). The Hall–Kier alpha value is -0.840. The smallest absolute Gasteiger partial charge is 0.148 e. The molecule has 2 heterocycles. The number of hydrogen-bond donors (Lipinski definition) is 1. The van der Waals surface area contributed by atoms with Crippen LogP contribution in [0.1, 0.15) is 20.3 Å². The van der Waals surface area contributed by atoms with Crippen molar-refractivity contribution in [3.05, 3.63) is 10.8 Å². The van der Waals surface area contributed by atoms with Gasteiger partial charge in [-0.3, -0.25) is 0 Å². The van der Waals surface area contributed by atoms with E-state index in [1.165, 1.54) is 6.42 Å². The van der Waals surface area contributed by atoms with E-state index in [0.29, 0.717) is 0 Å². The largest absolute Gasteiger partial charge is 0.372 e. The maximum absolute atomic E-state index is 4.39. The number of aromatic nitrogens is 2. The van der Waals surface area contributed by atoms with E-state index in [1.807, 2.05) is 7.05 Å². The number of nitrogens with zero attached hydrogens (tertiary/aromatic N) is 3. The first kappa shape index (κ1) is 12.6. The second kappa shape index (κ2) is 5.21. The van der Waals surface area contributed by atoms with Crippen molar-refractivity contribution in [2.24, 2.45) is 11.8 Å². The number of anilines is 2. The third-order valence-corrected chi connectivity index (χ3v) is 4.21. The van der Waals surface area contributed by atoms with Gasteiger partial charge in [-0.05, 0) is 34.2 Å². The Morgan fingerprint density at radius 3 is 2.82 bits per heavy atom. The van der Waals surface area contributed by atoms with Gasteiger partial charge < -0.3 is 10.2 Å². The van der Waals surface area contributed by atoms with Crippen LogP contribution in [0, 0.1) is 11.8 Å². The maximum Gasteiger partial charge on any atom is 0.148 e. The van der Waals surface area contributed by atoms with E-state index in [2.05, 4.69) is 50.0 Å². The van der Waals surface area contributed by atoms with Crippen molar-refractivity contribution in [1.29, 1.82) is 0 Å². The van der Waals surface area contributed by atoms with Crippen molar-refractivity contribution in [2.45, 2.75) is 20.3 Å². The van der Waals surface area contributed by atoms with Crippen molar-refractivity contribution < 1.29 is 0 Å². The fourth-order valence-electron chi connectivity index (χ4n) is 2.28. The van der Waals surface area contributed by atoms with Crippen LogP contribution < -0.4 is 10.2 Å². The lowest BCUT2D eigenvalue weighted by Gasteiger charge is -2.20. The lowest BCUT2D eigenvalue weighted by atomic mass is 9.95. The number of rotatable bonds is 3. The number of hydrogen-bond acceptors (Lipinski definition) is 4. The van der Waals surface area contributed by atoms with Crippen LogP contribution in [0.15, 0.2) is 10.8 Å². The van der Waals surface area contributed by atoms with Crippen molar-refractivity contribution in [3.63, 3.8) is 0 Å². The molecule has 4 nitrogen and oxygen atoms in total. The molecule has 5 heteroatoms. The van der Waals surface area contributed by atoms with Crippen LogP contribution in [-0.4, -0.2) is 30.1 Å². The summed E-state index contributed by atoms with van der Waals surface area (Å²) in [5.41, 5.74) is 0. The van der Waals surface area contributed by atoms with Crippen molar-refractivity contribution in [2.75, 3.05) is 30.4 Å². The second-order valence-electron chi connectivity index (χ2n) is 4.85. The molecule has 1 aromatic heterocycles. The van der Waals surface area contributed by atoms with Gasteiger partial charge in [0.2, 0.25) is 0 Å². The summed E-state index contributed by atoms with van der Waals surface area (Å²) < 4.78 is 0.965. The molecule has 1 aliphatic rings. The number of nitrogens with one attached hydrogen (secondary N) is 1. The summed E-state index contributed by atoms with van der Waals surface area (Å²) in [6, 6.07) is 0. The Morgan fingerprint density at radius 2 is 2.24 bits per heavy atom. The highest BCUT2D eigenvalue weighted by Gasteiger charge is 2.27. The SMILES string of the molecule is CNc1ncnc(N2CCC(C(C)C)C2)c1Br. The molecule has 0 bridgehead atoms. The molecule has 0 spiro atoms. The van der Waals surface area contributed by atoms with Gasteiger partial charge in [0.15, 0.2) is 0 Å². The van der Waals surface area contributed by atoms with E-state index in [4.69, 9.17) is 0 Å². The van der Waals surface area contributed by atoms with Gasteiger partial charge in [-0.1, -0.05) is 13.8 Å². The fourth-order valence-corrected chi connectivity index (χ4v) is 2.93. The molecule has 1 unspecified atom stereocenters. The van der Waals surface area contributed by atoms with Crippen LogP contribution in [0.5, 0.6) is 0 Å². The van der Waals surface area contributed by atoms with Gasteiger partial charge in [-0.15, -0.1) is 0 Å². The third-order valence-electron chi connectivity index (χ3n) is 3.47. The summed E-state index contributed by atoms with van der Waals surface area (Å²) in [4.78, 5) is 10.9. The summed E-state index contributed by atoms with van der Waals surface area (Å²) in [5, 5.41) is 3.07. The summed E-state index contributed by atoms with van der Waals surface area (Å²) in [6.07, 6.45) is 2.87. The van der Waals surface area contributed by atoms with E-state index in [0.717, 1.165) is 41.0 Å². The molecule has 0 aliphatic carbocycles. The van der Waals surface area contributed by atoms with Gasteiger partial charge in [0.25, 0.3) is 0 Å². The zero-order valence-corrected chi connectivity index (χ0v) is 12.2. The summed E-state index contributed by atoms with van der Waals surface area (Å²) >= 11 is 3.58. The van der Waals surface area contributed by atoms with Gasteiger partial charge in [0.05, 0.1) is 0 Å². The molecule has 17 heavy (non-hydrogen) atoms. The Morgan fingerprint density at radius 1 is 1.47 bits per heavy atom. The van der Waals surface area contributed by atoms with Crippen LogP contribution in [-0.2, 0) is 0 Å². The zero-order valence-electron chi connectivity index (χ0n) is 10.6. The molecule has 1 N–H and O–H groups in total. The van der Waals surface area contributed by atoms with Gasteiger partial charge >= 0.3 is 0 Å². The standard InChI is InChI=1S/C12H19BrN4/c1-8(2)9-4-5-17(6-9)12-10(13)11(14-3)15-7-16-12/h7-9H,4-6H2,1-3H3,(H,14,15,16). The molecule has 0 saturated carbocycles. The van der Waals surface area contributed by atoms with Crippen molar-refractivity contribution >= 4 is 27.6 Å². The molecule has 1 atom stereocenters. The number of halogens is 1. The van der Waals surface area contributed by atoms with Crippen LogP contribution in [0.2, 0.25) is 0 Å². The zero-order chi connectivity index (χ0) is 12.4. The van der Waals surface area contributed by atoms with Gasteiger partial charge in [-0.2, -0.15) is 0 Å². The maximum atomic E-state index is 4.39. The van der Waals surface area contributed by atoms with Crippen LogP contribution in [0.3, 0.4) is 0 Å². The van der Waals surface area contributed by atoms with Crippen LogP contribution in [0.4, 0.5) is 11.6 Å². The van der Waals surface area contributed by atoms with Crippen molar-refractivity contribution in [3.8, 4) is 0 Å². The molecule has 1 aliphatic heterocycles. The summed E-state index contributed by atoms with van der Waals surface area (Å²) in [6.45, 7) is 6.77.